The molecule has 7 heteroatoms. The first-order valence-electron chi connectivity index (χ1n) is 8.01. The molecule has 1 aromatic carbocycles. The van der Waals surface area contributed by atoms with Crippen LogP contribution < -0.4 is 15.2 Å². The van der Waals surface area contributed by atoms with Crippen molar-refractivity contribution in [2.75, 3.05) is 39.3 Å². The van der Waals surface area contributed by atoms with E-state index in [2.05, 4.69) is 0 Å². The second-order valence-electron chi connectivity index (χ2n) is 5.13. The fraction of sp³-hybridized carbons (Fsp3) is 0.588. The quantitative estimate of drug-likeness (QED) is 0.361. The van der Waals surface area contributed by atoms with E-state index in [9.17, 15) is 4.79 Å². The van der Waals surface area contributed by atoms with Crippen molar-refractivity contribution in [3.63, 3.8) is 0 Å². The third-order valence-corrected chi connectivity index (χ3v) is 3.35. The number of hydrogen-bond acceptors (Lipinski definition) is 7. The maximum Gasteiger partial charge on any atom is 0.305 e. The lowest BCUT2D eigenvalue weighted by atomic mass is 10.1. The Bertz CT molecular complexity index is 520. The van der Waals surface area contributed by atoms with Gasteiger partial charge in [-0.1, -0.05) is 0 Å². The molecule has 0 bridgehead atoms. The Morgan fingerprint density at radius 3 is 2.67 bits per heavy atom. The van der Waals surface area contributed by atoms with Crippen LogP contribution in [-0.4, -0.2) is 44.6 Å². The van der Waals surface area contributed by atoms with Crippen molar-refractivity contribution in [2.24, 2.45) is 0 Å². The van der Waals surface area contributed by atoms with Crippen LogP contribution in [0.5, 0.6) is 11.5 Å². The number of ether oxygens (including phenoxy) is 4. The van der Waals surface area contributed by atoms with E-state index in [0.717, 1.165) is 5.56 Å². The summed E-state index contributed by atoms with van der Waals surface area (Å²) < 4.78 is 21.3. The van der Waals surface area contributed by atoms with Crippen LogP contribution in [0.25, 0.3) is 0 Å². The van der Waals surface area contributed by atoms with Crippen molar-refractivity contribution in [1.29, 1.82) is 0 Å². The summed E-state index contributed by atoms with van der Waals surface area (Å²) in [5.74, 6) is 0.810. The Labute approximate surface area is 142 Å². The van der Waals surface area contributed by atoms with Crippen LogP contribution in [0.4, 0.5) is 5.69 Å². The predicted octanol–water partition coefficient (Wildman–Crippen LogP) is 2.07. The first-order chi connectivity index (χ1) is 11.5. The molecule has 0 aliphatic rings. The van der Waals surface area contributed by atoms with Crippen LogP contribution >= 0.6 is 0 Å². The molecule has 0 saturated heterocycles. The highest BCUT2D eigenvalue weighted by Crippen LogP contribution is 2.36. The molecule has 0 amide bonds. The SMILES string of the molecule is CCOC(=O)CCCOc1cc(N)c(C(C)OCCO)cc1OC. The van der Waals surface area contributed by atoms with Crippen molar-refractivity contribution < 1.29 is 28.8 Å². The molecule has 1 atom stereocenters. The lowest BCUT2D eigenvalue weighted by Gasteiger charge is -2.18. The fourth-order valence-corrected chi connectivity index (χ4v) is 2.17. The number of nitrogens with two attached hydrogens (primary N) is 1. The van der Waals surface area contributed by atoms with Crippen LogP contribution in [0.2, 0.25) is 0 Å². The topological polar surface area (TPSA) is 100 Å². The van der Waals surface area contributed by atoms with Gasteiger partial charge in [0, 0.05) is 23.7 Å². The number of esters is 1. The Morgan fingerprint density at radius 1 is 1.29 bits per heavy atom. The van der Waals surface area contributed by atoms with Crippen molar-refractivity contribution in [3.8, 4) is 11.5 Å². The molecule has 0 aliphatic heterocycles. The molecule has 1 unspecified atom stereocenters. The summed E-state index contributed by atoms with van der Waals surface area (Å²) in [6, 6.07) is 3.44. The maximum absolute atomic E-state index is 11.3. The Kier molecular flexibility index (Phi) is 8.96. The Morgan fingerprint density at radius 2 is 2.04 bits per heavy atom. The molecule has 0 saturated carbocycles. The van der Waals surface area contributed by atoms with E-state index in [1.54, 1.807) is 26.2 Å². The zero-order valence-electron chi connectivity index (χ0n) is 14.5. The molecule has 7 nitrogen and oxygen atoms in total. The molecule has 0 aromatic heterocycles. The summed E-state index contributed by atoms with van der Waals surface area (Å²) in [6.07, 6.45) is 0.569. The molecule has 1 rings (SSSR count). The molecule has 0 fully saturated rings. The number of aliphatic hydroxyl groups excluding tert-OH is 1. The fourth-order valence-electron chi connectivity index (χ4n) is 2.17. The lowest BCUT2D eigenvalue weighted by molar-refractivity contribution is -0.143. The van der Waals surface area contributed by atoms with E-state index in [-0.39, 0.29) is 25.3 Å². The van der Waals surface area contributed by atoms with Crippen molar-refractivity contribution in [1.82, 2.24) is 0 Å². The summed E-state index contributed by atoms with van der Waals surface area (Å²) in [6.45, 7) is 4.53. The number of nitrogen functional groups attached to an aromatic ring is 1. The number of carbonyl (C=O) groups is 1. The molecule has 0 aliphatic carbocycles. The summed E-state index contributed by atoms with van der Waals surface area (Å²) >= 11 is 0. The van der Waals surface area contributed by atoms with E-state index in [1.807, 2.05) is 6.92 Å². The maximum atomic E-state index is 11.3. The second kappa shape index (κ2) is 10.7. The number of anilines is 1. The average Bonchev–Trinajstić information content (AvgIpc) is 2.57. The molecule has 3 N–H and O–H groups in total. The van der Waals surface area contributed by atoms with Gasteiger partial charge in [-0.2, -0.15) is 0 Å². The highest BCUT2D eigenvalue weighted by molar-refractivity contribution is 5.69. The largest absolute Gasteiger partial charge is 0.493 e. The second-order valence-corrected chi connectivity index (χ2v) is 5.13. The molecule has 24 heavy (non-hydrogen) atoms. The normalized spacial score (nSPS) is 11.8. The lowest BCUT2D eigenvalue weighted by Crippen LogP contribution is -2.09. The Balaban J connectivity index is 2.68. The van der Waals surface area contributed by atoms with E-state index >= 15 is 0 Å². The van der Waals surface area contributed by atoms with E-state index < -0.39 is 0 Å². The molecule has 1 aromatic rings. The minimum Gasteiger partial charge on any atom is -0.493 e. The third kappa shape index (κ3) is 6.25. The van der Waals surface area contributed by atoms with Gasteiger partial charge >= 0.3 is 5.97 Å². The number of rotatable bonds is 11. The number of benzene rings is 1. The van der Waals surface area contributed by atoms with Gasteiger partial charge in [0.15, 0.2) is 11.5 Å². The average molecular weight is 341 g/mol. The zero-order chi connectivity index (χ0) is 17.9. The van der Waals surface area contributed by atoms with E-state index in [4.69, 9.17) is 29.8 Å². The van der Waals surface area contributed by atoms with Crippen LogP contribution in [0.1, 0.15) is 38.4 Å². The van der Waals surface area contributed by atoms with Gasteiger partial charge in [0.05, 0.1) is 39.6 Å². The number of methoxy groups -OCH3 is 1. The van der Waals surface area contributed by atoms with Crippen LogP contribution in [0.3, 0.4) is 0 Å². The third-order valence-electron chi connectivity index (χ3n) is 3.35. The smallest absolute Gasteiger partial charge is 0.305 e. The van der Waals surface area contributed by atoms with Gasteiger partial charge in [-0.25, -0.2) is 0 Å². The molecule has 136 valence electrons. The number of hydrogen-bond donors (Lipinski definition) is 2. The standard InChI is InChI=1S/C17H27NO6/c1-4-22-17(20)6-5-8-24-16-11-14(18)13(10-15(16)21-3)12(2)23-9-7-19/h10-12,19H,4-9,18H2,1-3H3. The Hall–Kier alpha value is -1.99. The molecule has 0 heterocycles. The van der Waals surface area contributed by atoms with Crippen molar-refractivity contribution in [2.45, 2.75) is 32.8 Å². The van der Waals surface area contributed by atoms with Gasteiger partial charge in [0.1, 0.15) is 0 Å². The summed E-state index contributed by atoms with van der Waals surface area (Å²) in [5.41, 5.74) is 7.34. The van der Waals surface area contributed by atoms with E-state index in [1.165, 1.54) is 0 Å². The minimum atomic E-state index is -0.274. The summed E-state index contributed by atoms with van der Waals surface area (Å²) in [7, 11) is 1.54. The monoisotopic (exact) mass is 341 g/mol. The first kappa shape index (κ1) is 20.1. The molecule has 0 radical (unpaired) electrons. The highest BCUT2D eigenvalue weighted by atomic mass is 16.5. The van der Waals surface area contributed by atoms with Gasteiger partial charge in [0.2, 0.25) is 0 Å². The molecule has 0 spiro atoms. The van der Waals surface area contributed by atoms with Gasteiger partial charge in [-0.05, 0) is 26.3 Å². The van der Waals surface area contributed by atoms with Gasteiger partial charge in [-0.15, -0.1) is 0 Å². The number of aliphatic hydroxyl groups is 1. The van der Waals surface area contributed by atoms with Gasteiger partial charge < -0.3 is 29.8 Å². The van der Waals surface area contributed by atoms with Gasteiger partial charge in [0.25, 0.3) is 0 Å². The predicted molar refractivity (Wildman–Crippen MR) is 90.2 cm³/mol. The molecular weight excluding hydrogens is 314 g/mol. The van der Waals surface area contributed by atoms with Crippen LogP contribution in [0, 0.1) is 0 Å². The van der Waals surface area contributed by atoms with Gasteiger partial charge in [-0.3, -0.25) is 4.79 Å². The van der Waals surface area contributed by atoms with Crippen LogP contribution in [-0.2, 0) is 14.3 Å². The zero-order valence-corrected chi connectivity index (χ0v) is 14.5. The summed E-state index contributed by atoms with van der Waals surface area (Å²) in [4.78, 5) is 11.3. The molecular formula is C17H27NO6. The summed E-state index contributed by atoms with van der Waals surface area (Å²) in [5, 5.41) is 8.84. The highest BCUT2D eigenvalue weighted by Gasteiger charge is 2.15. The van der Waals surface area contributed by atoms with E-state index in [0.29, 0.717) is 43.2 Å². The van der Waals surface area contributed by atoms with Crippen molar-refractivity contribution >= 4 is 11.7 Å². The first-order valence-corrected chi connectivity index (χ1v) is 8.01. The number of carbonyl (C=O) groups excluding carboxylic acids is 1. The minimum absolute atomic E-state index is 0.0525. The van der Waals surface area contributed by atoms with Crippen LogP contribution in [0.15, 0.2) is 12.1 Å². The van der Waals surface area contributed by atoms with Crippen molar-refractivity contribution in [3.05, 3.63) is 17.7 Å².